The number of aliphatic hydroxyl groups is 1. The van der Waals surface area contributed by atoms with Gasteiger partial charge in [0, 0.05) is 6.42 Å². The first-order chi connectivity index (χ1) is 12.8. The zero-order valence-electron chi connectivity index (χ0n) is 15.4. The smallest absolute Gasteiger partial charge is 0.389 e. The van der Waals surface area contributed by atoms with Gasteiger partial charge in [-0.05, 0) is 62.0 Å². The van der Waals surface area contributed by atoms with Gasteiger partial charge in [-0.15, -0.1) is 0 Å². The topological polar surface area (TPSA) is 46.5 Å². The lowest BCUT2D eigenvalue weighted by atomic mass is 9.82. The number of carbonyl (C=O) groups excluding carboxylic acids is 1. The second-order valence-electron chi connectivity index (χ2n) is 7.20. The molecule has 6 heteroatoms. The number of halogens is 3. The van der Waals surface area contributed by atoms with Crippen LogP contribution in [0.2, 0.25) is 0 Å². The van der Waals surface area contributed by atoms with Gasteiger partial charge in [-0.2, -0.15) is 13.2 Å². The third-order valence-corrected chi connectivity index (χ3v) is 5.05. The van der Waals surface area contributed by atoms with Crippen molar-refractivity contribution in [2.75, 3.05) is 6.61 Å². The molecule has 3 nitrogen and oxygen atoms in total. The molecule has 1 aromatic carbocycles. The van der Waals surface area contributed by atoms with Crippen LogP contribution in [0.3, 0.4) is 0 Å². The number of aryl methyl sites for hydroxylation is 1. The van der Waals surface area contributed by atoms with Gasteiger partial charge in [0.05, 0.1) is 12.2 Å². The highest BCUT2D eigenvalue weighted by molar-refractivity contribution is 5.88. The first kappa shape index (κ1) is 21.5. The number of rotatable bonds is 8. The molecular formula is C21H27F3O3. The van der Waals surface area contributed by atoms with E-state index in [0.717, 1.165) is 31.2 Å². The number of benzene rings is 1. The van der Waals surface area contributed by atoms with E-state index in [1.54, 1.807) is 0 Å². The van der Waals surface area contributed by atoms with Gasteiger partial charge in [-0.1, -0.05) is 30.8 Å². The molecule has 1 N–H and O–H groups in total. The van der Waals surface area contributed by atoms with E-state index in [0.29, 0.717) is 18.8 Å². The maximum absolute atomic E-state index is 12.2. The highest BCUT2D eigenvalue weighted by atomic mass is 19.4. The van der Waals surface area contributed by atoms with Crippen molar-refractivity contribution in [2.24, 2.45) is 0 Å². The summed E-state index contributed by atoms with van der Waals surface area (Å²) in [4.78, 5) is 11.7. The predicted molar refractivity (Wildman–Crippen MR) is 97.4 cm³/mol. The third kappa shape index (κ3) is 7.37. The molecule has 0 amide bonds. The van der Waals surface area contributed by atoms with E-state index in [1.807, 2.05) is 12.1 Å². The molecule has 1 fully saturated rings. The number of carbonyl (C=O) groups is 1. The van der Waals surface area contributed by atoms with E-state index >= 15 is 0 Å². The number of hydrogen-bond donors (Lipinski definition) is 1. The third-order valence-electron chi connectivity index (χ3n) is 5.05. The molecule has 0 saturated heterocycles. The quantitative estimate of drug-likeness (QED) is 0.386. The summed E-state index contributed by atoms with van der Waals surface area (Å²) in [6.07, 6.45) is -0.192. The van der Waals surface area contributed by atoms with E-state index < -0.39 is 25.2 Å². The van der Waals surface area contributed by atoms with Crippen LogP contribution in [0.15, 0.2) is 36.4 Å². The van der Waals surface area contributed by atoms with Crippen LogP contribution in [0, 0.1) is 0 Å². The Balaban J connectivity index is 1.75. The Labute approximate surface area is 158 Å². The first-order valence-corrected chi connectivity index (χ1v) is 9.43. The molecule has 0 unspecified atom stereocenters. The molecule has 0 heterocycles. The van der Waals surface area contributed by atoms with E-state index in [4.69, 9.17) is 9.84 Å². The summed E-state index contributed by atoms with van der Waals surface area (Å²) in [6.45, 7) is 3.08. The summed E-state index contributed by atoms with van der Waals surface area (Å²) in [5.41, 5.74) is 2.35. The van der Waals surface area contributed by atoms with Crippen molar-refractivity contribution < 1.29 is 27.8 Å². The van der Waals surface area contributed by atoms with Crippen LogP contribution in [-0.2, 0) is 16.0 Å². The molecule has 2 rings (SSSR count). The molecule has 0 aliphatic heterocycles. The largest absolute Gasteiger partial charge is 0.459 e. The van der Waals surface area contributed by atoms with Crippen molar-refractivity contribution in [3.63, 3.8) is 0 Å². The monoisotopic (exact) mass is 384 g/mol. The number of esters is 1. The molecule has 1 aromatic rings. The number of unbranched alkanes of at least 4 members (excludes halogenated alkanes) is 1. The number of ether oxygens (including phenoxy) is 1. The maximum Gasteiger partial charge on any atom is 0.389 e. The molecular weight excluding hydrogens is 357 g/mol. The van der Waals surface area contributed by atoms with Crippen molar-refractivity contribution in [2.45, 2.75) is 69.6 Å². The van der Waals surface area contributed by atoms with Crippen molar-refractivity contribution >= 4 is 5.97 Å². The van der Waals surface area contributed by atoms with Gasteiger partial charge in [0.25, 0.3) is 0 Å². The Morgan fingerprint density at radius 1 is 1.11 bits per heavy atom. The highest BCUT2D eigenvalue weighted by Gasteiger charge is 2.26. The molecule has 150 valence electrons. The van der Waals surface area contributed by atoms with Gasteiger partial charge in [0.1, 0.15) is 6.10 Å². The molecule has 1 saturated carbocycles. The SMILES string of the molecule is C=C(CO)C(=O)OC1CCC(c2ccc(CCCCC(F)(F)F)cc2)CC1. The summed E-state index contributed by atoms with van der Waals surface area (Å²) in [5, 5.41) is 8.90. The fourth-order valence-corrected chi connectivity index (χ4v) is 3.42. The first-order valence-electron chi connectivity index (χ1n) is 9.43. The summed E-state index contributed by atoms with van der Waals surface area (Å²) >= 11 is 0. The number of alkyl halides is 3. The fourth-order valence-electron chi connectivity index (χ4n) is 3.42. The fraction of sp³-hybridized carbons (Fsp3) is 0.571. The minimum atomic E-state index is -4.07. The summed E-state index contributed by atoms with van der Waals surface area (Å²) in [5.74, 6) is -0.129. The summed E-state index contributed by atoms with van der Waals surface area (Å²) in [7, 11) is 0. The van der Waals surface area contributed by atoms with Crippen molar-refractivity contribution in [1.29, 1.82) is 0 Å². The zero-order chi connectivity index (χ0) is 19.9. The summed E-state index contributed by atoms with van der Waals surface area (Å²) in [6, 6.07) is 8.12. The zero-order valence-corrected chi connectivity index (χ0v) is 15.4. The second-order valence-corrected chi connectivity index (χ2v) is 7.20. The minimum Gasteiger partial charge on any atom is -0.459 e. The second kappa shape index (κ2) is 9.93. The molecule has 1 aliphatic rings. The van der Waals surface area contributed by atoms with Gasteiger partial charge in [0.2, 0.25) is 0 Å². The molecule has 27 heavy (non-hydrogen) atoms. The molecule has 0 spiro atoms. The average molecular weight is 384 g/mol. The Morgan fingerprint density at radius 3 is 2.30 bits per heavy atom. The Bertz CT molecular complexity index is 615. The lowest BCUT2D eigenvalue weighted by molar-refractivity contribution is -0.146. The van der Waals surface area contributed by atoms with Crippen LogP contribution in [-0.4, -0.2) is 30.0 Å². The average Bonchev–Trinajstić information content (AvgIpc) is 2.65. The van der Waals surface area contributed by atoms with Crippen LogP contribution >= 0.6 is 0 Å². The number of aliphatic hydroxyl groups excluding tert-OH is 1. The van der Waals surface area contributed by atoms with Gasteiger partial charge < -0.3 is 9.84 Å². The van der Waals surface area contributed by atoms with Crippen molar-refractivity contribution in [3.8, 4) is 0 Å². The molecule has 0 radical (unpaired) electrons. The lowest BCUT2D eigenvalue weighted by Crippen LogP contribution is -2.25. The van der Waals surface area contributed by atoms with Gasteiger partial charge >= 0.3 is 12.1 Å². The Kier molecular flexibility index (Phi) is 7.90. The summed E-state index contributed by atoms with van der Waals surface area (Å²) < 4.78 is 41.8. The van der Waals surface area contributed by atoms with Gasteiger partial charge in [-0.3, -0.25) is 0 Å². The van der Waals surface area contributed by atoms with Crippen LogP contribution in [0.25, 0.3) is 0 Å². The lowest BCUT2D eigenvalue weighted by Gasteiger charge is -2.28. The van der Waals surface area contributed by atoms with E-state index in [2.05, 4.69) is 18.7 Å². The van der Waals surface area contributed by atoms with E-state index in [1.165, 1.54) is 5.56 Å². The van der Waals surface area contributed by atoms with E-state index in [9.17, 15) is 18.0 Å². The standard InChI is InChI=1S/C21H27F3O3/c1-15(14-25)20(26)27-19-11-9-18(10-12-19)17-7-5-16(6-8-17)4-2-3-13-21(22,23)24/h5-8,18-19,25H,1-4,9-14H2. The Hall–Kier alpha value is -1.82. The molecule has 0 atom stereocenters. The van der Waals surface area contributed by atoms with Gasteiger partial charge in [-0.25, -0.2) is 4.79 Å². The molecule has 1 aliphatic carbocycles. The molecule has 0 bridgehead atoms. The molecule has 0 aromatic heterocycles. The predicted octanol–water partition coefficient (Wildman–Crippen LogP) is 5.08. The van der Waals surface area contributed by atoms with Gasteiger partial charge in [0.15, 0.2) is 0 Å². The normalized spacial score (nSPS) is 20.3. The maximum atomic E-state index is 12.2. The van der Waals surface area contributed by atoms with Crippen molar-refractivity contribution in [1.82, 2.24) is 0 Å². The Morgan fingerprint density at radius 2 is 1.74 bits per heavy atom. The van der Waals surface area contributed by atoms with Crippen LogP contribution in [0.4, 0.5) is 13.2 Å². The van der Waals surface area contributed by atoms with Crippen LogP contribution < -0.4 is 0 Å². The van der Waals surface area contributed by atoms with Crippen molar-refractivity contribution in [3.05, 3.63) is 47.5 Å². The van der Waals surface area contributed by atoms with Crippen LogP contribution in [0.1, 0.15) is 62.0 Å². The van der Waals surface area contributed by atoms with Crippen LogP contribution in [0.5, 0.6) is 0 Å². The van der Waals surface area contributed by atoms with E-state index in [-0.39, 0.29) is 18.1 Å². The number of hydrogen-bond acceptors (Lipinski definition) is 3. The highest BCUT2D eigenvalue weighted by Crippen LogP contribution is 2.34. The minimum absolute atomic E-state index is 0.0722.